The third kappa shape index (κ3) is 4.25. The first-order chi connectivity index (χ1) is 12.4. The van der Waals surface area contributed by atoms with Crippen molar-refractivity contribution in [1.82, 2.24) is 0 Å². The number of carboxylic acids is 1. The van der Waals surface area contributed by atoms with Crippen LogP contribution in [-0.2, 0) is 11.2 Å². The average Bonchev–Trinajstić information content (AvgIpc) is 2.55. The molecule has 0 aliphatic heterocycles. The molecule has 0 bridgehead atoms. The maximum absolute atomic E-state index is 11.5. The SMILES string of the molecule is Cc1cc(=O)oc2cc(NC(=S)Nc3ccc(CC(=O)O)cc3)ccc12. The van der Waals surface area contributed by atoms with Gasteiger partial charge < -0.3 is 20.2 Å². The van der Waals surface area contributed by atoms with Gasteiger partial charge >= 0.3 is 11.6 Å². The van der Waals surface area contributed by atoms with Crippen LogP contribution in [0, 0.1) is 6.92 Å². The second kappa shape index (κ2) is 7.37. The molecular formula is C19H16N2O4S. The highest BCUT2D eigenvalue weighted by Crippen LogP contribution is 2.21. The van der Waals surface area contributed by atoms with Gasteiger partial charge in [-0.25, -0.2) is 4.79 Å². The summed E-state index contributed by atoms with van der Waals surface area (Å²) in [7, 11) is 0. The van der Waals surface area contributed by atoms with Crippen molar-refractivity contribution >= 4 is 45.6 Å². The summed E-state index contributed by atoms with van der Waals surface area (Å²) in [5.74, 6) is -0.874. The van der Waals surface area contributed by atoms with Crippen molar-refractivity contribution in [2.24, 2.45) is 0 Å². The van der Waals surface area contributed by atoms with Crippen LogP contribution in [0.4, 0.5) is 11.4 Å². The molecule has 0 aliphatic carbocycles. The molecule has 1 heterocycles. The van der Waals surface area contributed by atoms with Crippen molar-refractivity contribution in [2.75, 3.05) is 10.6 Å². The number of anilines is 2. The number of fused-ring (bicyclic) bond motifs is 1. The van der Waals surface area contributed by atoms with Gasteiger partial charge in [0.2, 0.25) is 0 Å². The molecule has 0 amide bonds. The summed E-state index contributed by atoms with van der Waals surface area (Å²) < 4.78 is 5.22. The second-order valence-electron chi connectivity index (χ2n) is 5.81. The topological polar surface area (TPSA) is 91.6 Å². The molecule has 0 saturated heterocycles. The smallest absolute Gasteiger partial charge is 0.336 e. The molecule has 3 aromatic rings. The summed E-state index contributed by atoms with van der Waals surface area (Å²) >= 11 is 5.29. The van der Waals surface area contributed by atoms with Crippen molar-refractivity contribution in [3.8, 4) is 0 Å². The minimum absolute atomic E-state index is 0.0231. The highest BCUT2D eigenvalue weighted by molar-refractivity contribution is 7.80. The van der Waals surface area contributed by atoms with E-state index in [9.17, 15) is 9.59 Å². The number of carboxylic acid groups (broad SMARTS) is 1. The van der Waals surface area contributed by atoms with E-state index in [1.165, 1.54) is 6.07 Å². The first-order valence-electron chi connectivity index (χ1n) is 7.84. The lowest BCUT2D eigenvalue weighted by Crippen LogP contribution is -2.19. The van der Waals surface area contributed by atoms with Gasteiger partial charge in [0.25, 0.3) is 0 Å². The Balaban J connectivity index is 1.70. The third-order valence-electron chi connectivity index (χ3n) is 3.78. The quantitative estimate of drug-likeness (QED) is 0.479. The number of nitrogens with one attached hydrogen (secondary N) is 2. The number of thiocarbonyl (C=S) groups is 1. The lowest BCUT2D eigenvalue weighted by Gasteiger charge is -2.11. The Morgan fingerprint density at radius 3 is 2.42 bits per heavy atom. The van der Waals surface area contributed by atoms with Gasteiger partial charge in [-0.3, -0.25) is 4.79 Å². The molecule has 26 heavy (non-hydrogen) atoms. The van der Waals surface area contributed by atoms with Crippen molar-refractivity contribution in [3.05, 3.63) is 70.1 Å². The van der Waals surface area contributed by atoms with Crippen LogP contribution in [0.5, 0.6) is 0 Å². The molecule has 3 N–H and O–H groups in total. The summed E-state index contributed by atoms with van der Waals surface area (Å²) in [6.45, 7) is 1.85. The molecule has 0 fully saturated rings. The standard InChI is InChI=1S/C19H16N2O4S/c1-11-8-18(24)25-16-10-14(6-7-15(11)16)21-19(26)20-13-4-2-12(3-5-13)9-17(22)23/h2-8,10H,9H2,1H3,(H,22,23)(H2,20,21,26). The van der Waals surface area contributed by atoms with Crippen LogP contribution >= 0.6 is 12.2 Å². The monoisotopic (exact) mass is 368 g/mol. The van der Waals surface area contributed by atoms with Gasteiger partial charge in [-0.05, 0) is 54.5 Å². The predicted molar refractivity (Wildman–Crippen MR) is 105 cm³/mol. The first kappa shape index (κ1) is 17.6. The summed E-state index contributed by atoms with van der Waals surface area (Å²) in [5.41, 5.74) is 3.08. The maximum atomic E-state index is 11.5. The molecule has 3 rings (SSSR count). The maximum Gasteiger partial charge on any atom is 0.336 e. The van der Waals surface area contributed by atoms with Gasteiger partial charge in [0.15, 0.2) is 5.11 Å². The van der Waals surface area contributed by atoms with E-state index in [1.807, 2.05) is 19.1 Å². The highest BCUT2D eigenvalue weighted by Gasteiger charge is 2.05. The lowest BCUT2D eigenvalue weighted by atomic mass is 10.1. The Hall–Kier alpha value is -3.19. The molecule has 0 spiro atoms. The van der Waals surface area contributed by atoms with Crippen molar-refractivity contribution in [2.45, 2.75) is 13.3 Å². The van der Waals surface area contributed by atoms with Crippen molar-refractivity contribution in [1.29, 1.82) is 0 Å². The Kier molecular flexibility index (Phi) is 4.99. The second-order valence-corrected chi connectivity index (χ2v) is 6.21. The molecule has 0 aliphatic rings. The average molecular weight is 368 g/mol. The van der Waals surface area contributed by atoms with E-state index in [0.29, 0.717) is 21.9 Å². The molecule has 0 saturated carbocycles. The number of aryl methyl sites for hydroxylation is 1. The zero-order valence-electron chi connectivity index (χ0n) is 13.9. The fourth-order valence-corrected chi connectivity index (χ4v) is 2.81. The fraction of sp³-hybridized carbons (Fsp3) is 0.105. The van der Waals surface area contributed by atoms with Crippen LogP contribution < -0.4 is 16.3 Å². The molecule has 2 aromatic carbocycles. The molecule has 132 valence electrons. The van der Waals surface area contributed by atoms with Crippen molar-refractivity contribution < 1.29 is 14.3 Å². The van der Waals surface area contributed by atoms with Crippen LogP contribution in [0.1, 0.15) is 11.1 Å². The van der Waals surface area contributed by atoms with E-state index in [-0.39, 0.29) is 6.42 Å². The molecule has 6 nitrogen and oxygen atoms in total. The molecule has 7 heteroatoms. The molecule has 0 unspecified atom stereocenters. The normalized spacial score (nSPS) is 10.5. The molecule has 0 radical (unpaired) electrons. The molecular weight excluding hydrogens is 352 g/mol. The Labute approximate surface area is 154 Å². The van der Waals surface area contributed by atoms with Gasteiger partial charge in [0.1, 0.15) is 5.58 Å². The minimum atomic E-state index is -0.874. The number of rotatable bonds is 4. The number of hydrogen-bond acceptors (Lipinski definition) is 4. The molecule has 0 atom stereocenters. The van der Waals surface area contributed by atoms with E-state index >= 15 is 0 Å². The fourth-order valence-electron chi connectivity index (χ4n) is 2.58. The zero-order chi connectivity index (χ0) is 18.7. The Bertz CT molecular complexity index is 1040. The van der Waals surface area contributed by atoms with Gasteiger partial charge in [-0.2, -0.15) is 0 Å². The summed E-state index contributed by atoms with van der Waals surface area (Å²) in [4.78, 5) is 22.2. The number of aliphatic carboxylic acids is 1. The van der Waals surface area contributed by atoms with Crippen LogP contribution in [-0.4, -0.2) is 16.2 Å². The van der Waals surface area contributed by atoms with Gasteiger partial charge in [-0.15, -0.1) is 0 Å². The number of benzene rings is 2. The lowest BCUT2D eigenvalue weighted by molar-refractivity contribution is -0.136. The van der Waals surface area contributed by atoms with Crippen LogP contribution in [0.15, 0.2) is 57.7 Å². The summed E-state index contributed by atoms with van der Waals surface area (Å²) in [5, 5.41) is 16.1. The third-order valence-corrected chi connectivity index (χ3v) is 3.98. The predicted octanol–water partition coefficient (Wildman–Crippen LogP) is 3.54. The number of carbonyl (C=O) groups is 1. The van der Waals surface area contributed by atoms with E-state index in [1.54, 1.807) is 30.3 Å². The highest BCUT2D eigenvalue weighted by atomic mass is 32.1. The van der Waals surface area contributed by atoms with Crippen LogP contribution in [0.2, 0.25) is 0 Å². The van der Waals surface area contributed by atoms with E-state index in [0.717, 1.165) is 16.6 Å². The van der Waals surface area contributed by atoms with Gasteiger partial charge in [0.05, 0.1) is 6.42 Å². The van der Waals surface area contributed by atoms with Gasteiger partial charge in [0, 0.05) is 28.9 Å². The first-order valence-corrected chi connectivity index (χ1v) is 8.25. The van der Waals surface area contributed by atoms with Gasteiger partial charge in [-0.1, -0.05) is 12.1 Å². The zero-order valence-corrected chi connectivity index (χ0v) is 14.7. The van der Waals surface area contributed by atoms with Crippen LogP contribution in [0.3, 0.4) is 0 Å². The Morgan fingerprint density at radius 2 is 1.73 bits per heavy atom. The molecule has 1 aromatic heterocycles. The van der Waals surface area contributed by atoms with Crippen molar-refractivity contribution in [3.63, 3.8) is 0 Å². The largest absolute Gasteiger partial charge is 0.481 e. The minimum Gasteiger partial charge on any atom is -0.481 e. The summed E-state index contributed by atoms with van der Waals surface area (Å²) in [6, 6.07) is 13.9. The van der Waals surface area contributed by atoms with E-state index < -0.39 is 11.6 Å². The van der Waals surface area contributed by atoms with Crippen LogP contribution in [0.25, 0.3) is 11.0 Å². The Morgan fingerprint density at radius 1 is 1.08 bits per heavy atom. The van der Waals surface area contributed by atoms with E-state index in [4.69, 9.17) is 21.7 Å². The summed E-state index contributed by atoms with van der Waals surface area (Å²) in [6.07, 6.45) is -0.0231. The number of hydrogen-bond donors (Lipinski definition) is 3. The van der Waals surface area contributed by atoms with E-state index in [2.05, 4.69) is 10.6 Å².